The van der Waals surface area contributed by atoms with Crippen molar-refractivity contribution in [3.8, 4) is 0 Å². The van der Waals surface area contributed by atoms with Crippen molar-refractivity contribution in [1.82, 2.24) is 9.88 Å². The number of thiazole rings is 1. The minimum Gasteiger partial charge on any atom is -0.330 e. The molecule has 2 aliphatic carbocycles. The van der Waals surface area contributed by atoms with Gasteiger partial charge in [-0.15, -0.1) is 36.2 Å². The van der Waals surface area contributed by atoms with Crippen molar-refractivity contribution in [3.63, 3.8) is 0 Å². The zero-order chi connectivity index (χ0) is 17.4. The maximum atomic E-state index is 13.1. The lowest BCUT2D eigenvalue weighted by Gasteiger charge is -2.44. The van der Waals surface area contributed by atoms with Gasteiger partial charge in [-0.1, -0.05) is 6.42 Å². The van der Waals surface area contributed by atoms with Gasteiger partial charge in [0, 0.05) is 30.1 Å². The van der Waals surface area contributed by atoms with Crippen LogP contribution in [0, 0.1) is 17.8 Å². The quantitative estimate of drug-likeness (QED) is 0.764. The number of nitrogens with one attached hydrogen (secondary N) is 1. The Hall–Kier alpha value is -0.890. The molecule has 0 aromatic carbocycles. The van der Waals surface area contributed by atoms with Gasteiger partial charge >= 0.3 is 0 Å². The van der Waals surface area contributed by atoms with Gasteiger partial charge in [0.25, 0.3) is 0 Å². The molecule has 0 spiro atoms. The average Bonchev–Trinajstić information content (AvgIpc) is 3.25. The zero-order valence-corrected chi connectivity index (χ0v) is 17.7. The number of fused-ring (bicyclic) bond motifs is 2. The Kier molecular flexibility index (Phi) is 7.92. The molecule has 1 aromatic heterocycles. The van der Waals surface area contributed by atoms with Crippen LogP contribution >= 0.6 is 36.2 Å². The molecule has 1 aromatic rings. The first-order valence-corrected chi connectivity index (χ1v) is 10.3. The van der Waals surface area contributed by atoms with Crippen LogP contribution in [0.2, 0.25) is 0 Å². The largest absolute Gasteiger partial charge is 0.330 e. The van der Waals surface area contributed by atoms with Crippen LogP contribution in [0.4, 0.5) is 5.13 Å². The van der Waals surface area contributed by atoms with Gasteiger partial charge < -0.3 is 16.0 Å². The number of likely N-dealkylation sites (tertiary alicyclic amines) is 1. The minimum atomic E-state index is -0.355. The van der Waals surface area contributed by atoms with Crippen LogP contribution in [-0.2, 0) is 9.59 Å². The highest BCUT2D eigenvalue weighted by Gasteiger charge is 2.44. The number of nitrogens with two attached hydrogens (primary N) is 1. The van der Waals surface area contributed by atoms with E-state index in [2.05, 4.69) is 10.3 Å². The van der Waals surface area contributed by atoms with E-state index in [-0.39, 0.29) is 54.6 Å². The van der Waals surface area contributed by atoms with Crippen molar-refractivity contribution in [1.29, 1.82) is 0 Å². The first-order valence-electron chi connectivity index (χ1n) is 9.40. The van der Waals surface area contributed by atoms with Crippen LogP contribution in [0.1, 0.15) is 44.9 Å². The summed E-state index contributed by atoms with van der Waals surface area (Å²) in [5, 5.41) is 5.28. The van der Waals surface area contributed by atoms with Gasteiger partial charge in [-0.25, -0.2) is 4.98 Å². The molecule has 1 aliphatic heterocycles. The normalized spacial score (nSPS) is 32.2. The summed E-state index contributed by atoms with van der Waals surface area (Å²) < 4.78 is 0. The molecule has 9 heteroatoms. The number of hydrogen-bond acceptors (Lipinski definition) is 5. The topological polar surface area (TPSA) is 88.3 Å². The number of nitrogens with zero attached hydrogens (tertiary/aromatic N) is 2. The molecule has 2 bridgehead atoms. The third-order valence-electron chi connectivity index (χ3n) is 6.26. The van der Waals surface area contributed by atoms with Gasteiger partial charge in [0.1, 0.15) is 6.04 Å². The number of carbonyl (C=O) groups is 2. The van der Waals surface area contributed by atoms with Crippen molar-refractivity contribution >= 4 is 53.1 Å². The molecule has 1 saturated heterocycles. The summed E-state index contributed by atoms with van der Waals surface area (Å²) in [6.45, 7) is 0.687. The molecule has 4 rings (SSSR count). The Morgan fingerprint density at radius 1 is 1.15 bits per heavy atom. The van der Waals surface area contributed by atoms with E-state index in [4.69, 9.17) is 5.73 Å². The van der Waals surface area contributed by atoms with Gasteiger partial charge in [-0.2, -0.15) is 0 Å². The maximum Gasteiger partial charge on any atom is 0.248 e. The summed E-state index contributed by atoms with van der Waals surface area (Å²) in [4.78, 5) is 31.7. The lowest BCUT2D eigenvalue weighted by molar-refractivity contribution is -0.142. The highest BCUT2D eigenvalue weighted by molar-refractivity contribution is 7.13. The van der Waals surface area contributed by atoms with Crippen molar-refractivity contribution in [2.24, 2.45) is 23.5 Å². The summed E-state index contributed by atoms with van der Waals surface area (Å²) >= 11 is 1.40. The van der Waals surface area contributed by atoms with Gasteiger partial charge in [-0.3, -0.25) is 9.59 Å². The van der Waals surface area contributed by atoms with E-state index >= 15 is 0 Å². The number of halogens is 2. The minimum absolute atomic E-state index is 0. The van der Waals surface area contributed by atoms with Crippen molar-refractivity contribution < 1.29 is 9.59 Å². The Bertz CT molecular complexity index is 631. The smallest absolute Gasteiger partial charge is 0.248 e. The van der Waals surface area contributed by atoms with E-state index in [9.17, 15) is 9.59 Å². The fraction of sp³-hybridized carbons (Fsp3) is 0.722. The molecule has 3 unspecified atom stereocenters. The molecule has 3 aliphatic rings. The third kappa shape index (κ3) is 4.58. The SMILES string of the molecule is Cl.Cl.NC1C2CCCC1CC(C(=O)N1CCCC1C(=O)Nc1nccs1)C2. The lowest BCUT2D eigenvalue weighted by atomic mass is 9.65. The molecule has 3 atom stereocenters. The third-order valence-corrected chi connectivity index (χ3v) is 6.95. The van der Waals surface area contributed by atoms with Crippen LogP contribution in [0.15, 0.2) is 11.6 Å². The van der Waals surface area contributed by atoms with E-state index < -0.39 is 0 Å². The number of carbonyl (C=O) groups excluding carboxylic acids is 2. The molecule has 6 nitrogen and oxygen atoms in total. The zero-order valence-electron chi connectivity index (χ0n) is 15.2. The predicted molar refractivity (Wildman–Crippen MR) is 112 cm³/mol. The average molecular weight is 435 g/mol. The van der Waals surface area contributed by atoms with Crippen molar-refractivity contribution in [3.05, 3.63) is 11.6 Å². The summed E-state index contributed by atoms with van der Waals surface area (Å²) in [7, 11) is 0. The van der Waals surface area contributed by atoms with E-state index in [1.165, 1.54) is 17.8 Å². The highest BCUT2D eigenvalue weighted by atomic mass is 35.5. The Morgan fingerprint density at radius 3 is 2.48 bits per heavy atom. The molecule has 3 fully saturated rings. The van der Waals surface area contributed by atoms with Gasteiger partial charge in [0.2, 0.25) is 11.8 Å². The second kappa shape index (κ2) is 9.54. The molecule has 2 saturated carbocycles. The molecule has 2 heterocycles. The summed E-state index contributed by atoms with van der Waals surface area (Å²) in [5.41, 5.74) is 6.36. The highest BCUT2D eigenvalue weighted by Crippen LogP contribution is 2.43. The van der Waals surface area contributed by atoms with Crippen LogP contribution in [0.3, 0.4) is 0 Å². The molecule has 0 radical (unpaired) electrons. The first kappa shape index (κ1) is 22.4. The molecule has 27 heavy (non-hydrogen) atoms. The van der Waals surface area contributed by atoms with Crippen LogP contribution in [-0.4, -0.2) is 40.3 Å². The monoisotopic (exact) mass is 434 g/mol. The molecular formula is C18H28Cl2N4O2S. The molecule has 152 valence electrons. The van der Waals surface area contributed by atoms with Crippen molar-refractivity contribution in [2.75, 3.05) is 11.9 Å². The van der Waals surface area contributed by atoms with Crippen LogP contribution in [0.5, 0.6) is 0 Å². The van der Waals surface area contributed by atoms with Crippen LogP contribution < -0.4 is 11.1 Å². The number of aromatic nitrogens is 1. The second-order valence-electron chi connectivity index (χ2n) is 7.71. The Balaban J connectivity index is 0.00000131. The van der Waals surface area contributed by atoms with Gasteiger partial charge in [0.05, 0.1) is 0 Å². The number of hydrogen-bond donors (Lipinski definition) is 2. The van der Waals surface area contributed by atoms with E-state index in [1.54, 1.807) is 6.20 Å². The van der Waals surface area contributed by atoms with Crippen molar-refractivity contribution in [2.45, 2.75) is 57.0 Å². The van der Waals surface area contributed by atoms with Gasteiger partial charge in [0.15, 0.2) is 5.13 Å². The molecule has 3 N–H and O–H groups in total. The molecular weight excluding hydrogens is 407 g/mol. The summed E-state index contributed by atoms with van der Waals surface area (Å²) in [6, 6.07) is -0.0905. The Morgan fingerprint density at radius 2 is 1.85 bits per heavy atom. The lowest BCUT2D eigenvalue weighted by Crippen LogP contribution is -2.51. The summed E-state index contributed by atoms with van der Waals surface area (Å²) in [6.07, 6.45) is 8.63. The number of anilines is 1. The fourth-order valence-electron chi connectivity index (χ4n) is 5.00. The van der Waals surface area contributed by atoms with E-state index in [0.29, 0.717) is 23.5 Å². The Labute approximate surface area is 176 Å². The number of amides is 2. The van der Waals surface area contributed by atoms with Gasteiger partial charge in [-0.05, 0) is 50.4 Å². The van der Waals surface area contributed by atoms with E-state index in [0.717, 1.165) is 38.5 Å². The standard InChI is InChI=1S/C18H26N4O2S.2ClH/c19-15-11-3-1-4-12(15)10-13(9-11)17(24)22-7-2-5-14(22)16(23)21-18-20-6-8-25-18;;/h6,8,11-15H,1-5,7,9-10,19H2,(H,20,21,23);2*1H. The predicted octanol–water partition coefficient (Wildman–Crippen LogP) is 3.07. The summed E-state index contributed by atoms with van der Waals surface area (Å²) in [5.74, 6) is 1.07. The number of rotatable bonds is 3. The first-order chi connectivity index (χ1) is 12.1. The van der Waals surface area contributed by atoms with Crippen LogP contribution in [0.25, 0.3) is 0 Å². The maximum absolute atomic E-state index is 13.1. The fourth-order valence-corrected chi connectivity index (χ4v) is 5.53. The second-order valence-corrected chi connectivity index (χ2v) is 8.61. The molecule has 2 amide bonds. The van der Waals surface area contributed by atoms with E-state index in [1.807, 2.05) is 10.3 Å².